The zero-order valence-electron chi connectivity index (χ0n) is 17.0. The van der Waals surface area contributed by atoms with Gasteiger partial charge in [0, 0.05) is 12.1 Å². The Hall–Kier alpha value is -1.32. The van der Waals surface area contributed by atoms with E-state index in [9.17, 15) is 0 Å². The zero-order valence-corrected chi connectivity index (χ0v) is 17.0. The lowest BCUT2D eigenvalue weighted by Crippen LogP contribution is -2.22. The molecule has 1 aromatic rings. The Morgan fingerprint density at radius 1 is 1.04 bits per heavy atom. The predicted octanol–water partition coefficient (Wildman–Crippen LogP) is 5.86. The summed E-state index contributed by atoms with van der Waals surface area (Å²) in [5.74, 6) is 3.59. The normalized spacial score (nSPS) is 19.7. The molecular weight excluding hydrogens is 296 g/mol. The van der Waals surface area contributed by atoms with Gasteiger partial charge in [-0.3, -0.25) is 0 Å². The average Bonchev–Trinajstić information content (AvgIpc) is 2.63. The second-order valence-corrected chi connectivity index (χ2v) is 6.35. The number of nitrogen functional groups attached to an aromatic ring is 1. The van der Waals surface area contributed by atoms with Gasteiger partial charge in [-0.05, 0) is 30.6 Å². The SMILES string of the molecule is CC.CC.CCC1CCC(CNc2ncnc(N)c2C(C)C)CC1. The molecule has 3 N–H and O–H groups in total. The molecule has 0 bridgehead atoms. The maximum absolute atomic E-state index is 5.98. The van der Waals surface area contributed by atoms with Crippen molar-refractivity contribution >= 4 is 11.6 Å². The van der Waals surface area contributed by atoms with Crippen molar-refractivity contribution in [2.75, 3.05) is 17.6 Å². The van der Waals surface area contributed by atoms with E-state index in [4.69, 9.17) is 5.73 Å². The molecule has 1 aliphatic rings. The van der Waals surface area contributed by atoms with Gasteiger partial charge in [0.1, 0.15) is 18.0 Å². The Kier molecular flexibility index (Phi) is 12.3. The number of anilines is 2. The summed E-state index contributed by atoms with van der Waals surface area (Å²) in [6.07, 6.45) is 8.32. The fourth-order valence-electron chi connectivity index (χ4n) is 3.20. The molecule has 1 saturated carbocycles. The maximum atomic E-state index is 5.98. The van der Waals surface area contributed by atoms with Crippen molar-refractivity contribution in [3.8, 4) is 0 Å². The number of hydrogen-bond donors (Lipinski definition) is 2. The molecule has 140 valence electrons. The van der Waals surface area contributed by atoms with Gasteiger partial charge in [-0.2, -0.15) is 0 Å². The lowest BCUT2D eigenvalue weighted by atomic mass is 9.81. The van der Waals surface area contributed by atoms with Crippen LogP contribution in [-0.4, -0.2) is 16.5 Å². The molecule has 2 rings (SSSR count). The fourth-order valence-corrected chi connectivity index (χ4v) is 3.20. The third-order valence-corrected chi connectivity index (χ3v) is 4.59. The molecule has 0 aliphatic heterocycles. The van der Waals surface area contributed by atoms with Crippen molar-refractivity contribution in [3.05, 3.63) is 11.9 Å². The predicted molar refractivity (Wildman–Crippen MR) is 107 cm³/mol. The Morgan fingerprint density at radius 2 is 1.58 bits per heavy atom. The highest BCUT2D eigenvalue weighted by molar-refractivity contribution is 5.56. The Bertz CT molecular complexity index is 424. The molecule has 1 aliphatic carbocycles. The minimum Gasteiger partial charge on any atom is -0.383 e. The van der Waals surface area contributed by atoms with Crippen LogP contribution in [0.4, 0.5) is 11.6 Å². The summed E-state index contributed by atoms with van der Waals surface area (Å²) >= 11 is 0. The minimum atomic E-state index is 0.342. The van der Waals surface area contributed by atoms with E-state index in [-0.39, 0.29) is 0 Å². The van der Waals surface area contributed by atoms with Gasteiger partial charge in [0.15, 0.2) is 0 Å². The van der Waals surface area contributed by atoms with Gasteiger partial charge < -0.3 is 11.1 Å². The Balaban J connectivity index is 0.00000123. The smallest absolute Gasteiger partial charge is 0.134 e. The van der Waals surface area contributed by atoms with E-state index in [1.54, 1.807) is 6.33 Å². The van der Waals surface area contributed by atoms with Crippen LogP contribution in [0.2, 0.25) is 0 Å². The van der Waals surface area contributed by atoms with Crippen LogP contribution < -0.4 is 11.1 Å². The molecule has 1 aromatic heterocycles. The van der Waals surface area contributed by atoms with Crippen LogP contribution in [0.3, 0.4) is 0 Å². The van der Waals surface area contributed by atoms with Gasteiger partial charge in [0.05, 0.1) is 0 Å². The second kappa shape index (κ2) is 13.0. The summed E-state index contributed by atoms with van der Waals surface area (Å²) < 4.78 is 0. The summed E-state index contributed by atoms with van der Waals surface area (Å²) in [7, 11) is 0. The molecule has 1 heterocycles. The summed E-state index contributed by atoms with van der Waals surface area (Å²) in [5.41, 5.74) is 7.03. The summed E-state index contributed by atoms with van der Waals surface area (Å²) in [4.78, 5) is 8.48. The van der Waals surface area contributed by atoms with Gasteiger partial charge in [-0.15, -0.1) is 0 Å². The van der Waals surface area contributed by atoms with E-state index in [0.717, 1.165) is 29.8 Å². The molecular formula is C20H40N4. The van der Waals surface area contributed by atoms with Crippen LogP contribution in [0.15, 0.2) is 6.33 Å². The quantitative estimate of drug-likeness (QED) is 0.706. The first-order valence-electron chi connectivity index (χ1n) is 9.96. The van der Waals surface area contributed by atoms with E-state index in [0.29, 0.717) is 11.7 Å². The highest BCUT2D eigenvalue weighted by atomic mass is 15.0. The maximum Gasteiger partial charge on any atom is 0.134 e. The van der Waals surface area contributed by atoms with Crippen LogP contribution in [0.1, 0.15) is 92.1 Å². The average molecular weight is 337 g/mol. The number of hydrogen-bond acceptors (Lipinski definition) is 4. The van der Waals surface area contributed by atoms with E-state index >= 15 is 0 Å². The molecule has 0 saturated heterocycles. The largest absolute Gasteiger partial charge is 0.383 e. The molecule has 0 radical (unpaired) electrons. The van der Waals surface area contributed by atoms with Crippen molar-refractivity contribution in [1.29, 1.82) is 0 Å². The fraction of sp³-hybridized carbons (Fsp3) is 0.800. The second-order valence-electron chi connectivity index (χ2n) is 6.35. The molecule has 1 fully saturated rings. The first-order valence-corrected chi connectivity index (χ1v) is 9.96. The molecule has 4 heteroatoms. The van der Waals surface area contributed by atoms with E-state index < -0.39 is 0 Å². The molecule has 24 heavy (non-hydrogen) atoms. The molecule has 0 aromatic carbocycles. The molecule has 0 atom stereocenters. The summed E-state index contributed by atoms with van der Waals surface area (Å²) in [6.45, 7) is 15.6. The molecule has 0 amide bonds. The third-order valence-electron chi connectivity index (χ3n) is 4.59. The van der Waals surface area contributed by atoms with Gasteiger partial charge in [-0.25, -0.2) is 9.97 Å². The lowest BCUT2D eigenvalue weighted by Gasteiger charge is -2.28. The molecule has 0 spiro atoms. The van der Waals surface area contributed by atoms with E-state index in [1.165, 1.54) is 32.1 Å². The van der Waals surface area contributed by atoms with E-state index in [1.807, 2.05) is 27.7 Å². The van der Waals surface area contributed by atoms with Crippen LogP contribution in [-0.2, 0) is 0 Å². The van der Waals surface area contributed by atoms with Crippen molar-refractivity contribution < 1.29 is 0 Å². The number of nitrogens with one attached hydrogen (secondary N) is 1. The first-order chi connectivity index (χ1) is 11.6. The minimum absolute atomic E-state index is 0.342. The number of nitrogens with two attached hydrogens (primary N) is 1. The third kappa shape index (κ3) is 7.06. The van der Waals surface area contributed by atoms with Crippen LogP contribution >= 0.6 is 0 Å². The summed E-state index contributed by atoms with van der Waals surface area (Å²) in [5, 5.41) is 3.51. The van der Waals surface area contributed by atoms with Crippen molar-refractivity contribution in [3.63, 3.8) is 0 Å². The Morgan fingerprint density at radius 3 is 2.08 bits per heavy atom. The Labute approximate surface area is 150 Å². The van der Waals surface area contributed by atoms with Gasteiger partial charge in [-0.1, -0.05) is 67.7 Å². The monoisotopic (exact) mass is 336 g/mol. The van der Waals surface area contributed by atoms with Gasteiger partial charge in [0.2, 0.25) is 0 Å². The molecule has 4 nitrogen and oxygen atoms in total. The van der Waals surface area contributed by atoms with Crippen molar-refractivity contribution in [2.24, 2.45) is 11.8 Å². The first kappa shape index (κ1) is 22.7. The van der Waals surface area contributed by atoms with Crippen LogP contribution in [0.25, 0.3) is 0 Å². The topological polar surface area (TPSA) is 63.8 Å². The van der Waals surface area contributed by atoms with Crippen molar-refractivity contribution in [2.45, 2.75) is 86.5 Å². The van der Waals surface area contributed by atoms with E-state index in [2.05, 4.69) is 36.1 Å². The number of aromatic nitrogens is 2. The molecule has 0 unspecified atom stereocenters. The standard InChI is InChI=1S/C16H28N4.2C2H6/c1-4-12-5-7-13(8-6-12)9-18-16-14(11(2)3)15(17)19-10-20-16;2*1-2/h10-13H,4-9H2,1-3H3,(H3,17,18,19,20);2*1-2H3. The van der Waals surface area contributed by atoms with Crippen molar-refractivity contribution in [1.82, 2.24) is 9.97 Å². The lowest BCUT2D eigenvalue weighted by molar-refractivity contribution is 0.278. The van der Waals surface area contributed by atoms with Crippen LogP contribution in [0.5, 0.6) is 0 Å². The highest BCUT2D eigenvalue weighted by Gasteiger charge is 2.20. The van der Waals surface area contributed by atoms with Gasteiger partial charge in [0.25, 0.3) is 0 Å². The zero-order chi connectivity index (χ0) is 18.5. The highest BCUT2D eigenvalue weighted by Crippen LogP contribution is 2.31. The number of rotatable bonds is 5. The summed E-state index contributed by atoms with van der Waals surface area (Å²) in [6, 6.07) is 0. The van der Waals surface area contributed by atoms with Crippen LogP contribution in [0, 0.1) is 11.8 Å². The van der Waals surface area contributed by atoms with Gasteiger partial charge >= 0.3 is 0 Å². The number of nitrogens with zero attached hydrogens (tertiary/aromatic N) is 2.